The molecular formula is C42H78NO12P. The number of carbonyl (C=O) groups is 1. The average molecular weight is 820 g/mol. The van der Waals surface area contributed by atoms with E-state index in [2.05, 4.69) is 25.2 Å². The van der Waals surface area contributed by atoms with Crippen LogP contribution in [0.4, 0.5) is 0 Å². The fraction of sp³-hybridized carbons (Fsp3) is 0.833. The van der Waals surface area contributed by atoms with E-state index in [9.17, 15) is 50.0 Å². The lowest BCUT2D eigenvalue weighted by atomic mass is 9.85. The quantitative estimate of drug-likeness (QED) is 0.0201. The molecule has 0 aliphatic heterocycles. The van der Waals surface area contributed by atoms with Gasteiger partial charge in [-0.05, 0) is 32.1 Å². The Bertz CT molecular complexity index is 1110. The standard InChI is InChI=1S/C42H78NO12P/c1-3-5-7-9-11-13-15-16-17-18-20-22-24-26-28-30-35(45)34(32-54-56(52,53)55-42-40(50)38(48)37(47)39(49)41(42)51)43-36(46)31-33(44)29-27-25-23-21-19-14-12-10-8-6-4-2/h21,23,27-30,33-35,37-42,44-45,47-51H,3-20,22,24-26,31-32H2,1-2H3,(H,43,46)(H,52,53)/b23-21-,29-27-,30-28+. The van der Waals surface area contributed by atoms with Crippen LogP contribution in [0.3, 0.4) is 0 Å². The van der Waals surface area contributed by atoms with Gasteiger partial charge in [-0.1, -0.05) is 159 Å². The maximum atomic E-state index is 12.9. The molecule has 0 aromatic rings. The van der Waals surface area contributed by atoms with Crippen LogP contribution in [0.2, 0.25) is 0 Å². The molecule has 0 spiro atoms. The van der Waals surface area contributed by atoms with Crippen LogP contribution in [0.15, 0.2) is 36.5 Å². The summed E-state index contributed by atoms with van der Waals surface area (Å²) >= 11 is 0. The largest absolute Gasteiger partial charge is 0.472 e. The Kier molecular flexibility index (Phi) is 30.4. The Balaban J connectivity index is 2.66. The lowest BCUT2D eigenvalue weighted by Gasteiger charge is -2.41. The number of unbranched alkanes of at least 4 members (excludes halogenated alkanes) is 19. The third-order valence-corrected chi connectivity index (χ3v) is 11.2. The molecule has 56 heavy (non-hydrogen) atoms. The first-order chi connectivity index (χ1) is 26.8. The van der Waals surface area contributed by atoms with Gasteiger partial charge in [-0.3, -0.25) is 13.8 Å². The van der Waals surface area contributed by atoms with E-state index in [1.807, 2.05) is 6.08 Å². The Morgan fingerprint density at radius 1 is 0.625 bits per heavy atom. The minimum atomic E-state index is -5.15. The first kappa shape index (κ1) is 52.5. The monoisotopic (exact) mass is 820 g/mol. The number of allylic oxidation sites excluding steroid dienone is 4. The average Bonchev–Trinajstić information content (AvgIpc) is 3.17. The molecule has 8 atom stereocenters. The molecule has 1 aliphatic rings. The highest BCUT2D eigenvalue weighted by atomic mass is 31.2. The third kappa shape index (κ3) is 24.4. The number of phosphoric ester groups is 1. The van der Waals surface area contributed by atoms with Crippen molar-refractivity contribution >= 4 is 13.7 Å². The number of rotatable bonds is 34. The molecule has 0 saturated heterocycles. The summed E-state index contributed by atoms with van der Waals surface area (Å²) in [6.07, 6.45) is 21.3. The van der Waals surface area contributed by atoms with E-state index in [0.29, 0.717) is 12.8 Å². The molecule has 1 aliphatic carbocycles. The number of amides is 1. The highest BCUT2D eigenvalue weighted by Crippen LogP contribution is 2.47. The van der Waals surface area contributed by atoms with Crippen molar-refractivity contribution in [2.75, 3.05) is 6.61 Å². The van der Waals surface area contributed by atoms with Gasteiger partial charge in [0.1, 0.15) is 36.6 Å². The summed E-state index contributed by atoms with van der Waals surface area (Å²) in [7, 11) is -5.15. The topological polar surface area (TPSA) is 226 Å². The number of carbonyl (C=O) groups excluding carboxylic acids is 1. The zero-order valence-corrected chi connectivity index (χ0v) is 35.2. The lowest BCUT2D eigenvalue weighted by Crippen LogP contribution is -2.64. The SMILES string of the molecule is CCCCCCCC/C=C\C/C=C\C(O)CC(=O)NC(COP(=O)(O)OC1C(O)C(O)C(O)C(O)C1O)C(O)/C=C/CCCCCCCCCCCCCCC. The van der Waals surface area contributed by atoms with Crippen molar-refractivity contribution in [3.05, 3.63) is 36.5 Å². The van der Waals surface area contributed by atoms with Crippen molar-refractivity contribution in [2.24, 2.45) is 0 Å². The number of aliphatic hydroxyl groups is 7. The maximum Gasteiger partial charge on any atom is 0.472 e. The molecule has 0 bridgehead atoms. The van der Waals surface area contributed by atoms with Crippen molar-refractivity contribution in [2.45, 2.75) is 216 Å². The van der Waals surface area contributed by atoms with Gasteiger partial charge < -0.3 is 46.0 Å². The van der Waals surface area contributed by atoms with Gasteiger partial charge in [0.2, 0.25) is 5.91 Å². The number of hydrogen-bond donors (Lipinski definition) is 9. The van der Waals surface area contributed by atoms with Crippen molar-refractivity contribution in [1.82, 2.24) is 5.32 Å². The molecule has 0 radical (unpaired) electrons. The first-order valence-electron chi connectivity index (χ1n) is 21.5. The van der Waals surface area contributed by atoms with E-state index in [1.54, 1.807) is 12.2 Å². The van der Waals surface area contributed by atoms with E-state index in [4.69, 9.17) is 9.05 Å². The highest BCUT2D eigenvalue weighted by Gasteiger charge is 2.51. The van der Waals surface area contributed by atoms with E-state index in [0.717, 1.165) is 32.1 Å². The second kappa shape index (κ2) is 32.4. The smallest absolute Gasteiger partial charge is 0.389 e. The summed E-state index contributed by atoms with van der Waals surface area (Å²) in [5.41, 5.74) is 0. The normalized spacial score (nSPS) is 24.5. The molecule has 1 rings (SSSR count). The van der Waals surface area contributed by atoms with E-state index in [1.165, 1.54) is 108 Å². The van der Waals surface area contributed by atoms with E-state index >= 15 is 0 Å². The van der Waals surface area contributed by atoms with Crippen molar-refractivity contribution in [1.29, 1.82) is 0 Å². The molecule has 0 aromatic heterocycles. The van der Waals surface area contributed by atoms with Gasteiger partial charge in [0.25, 0.3) is 0 Å². The number of hydrogen-bond acceptors (Lipinski definition) is 11. The van der Waals surface area contributed by atoms with Crippen LogP contribution in [0.25, 0.3) is 0 Å². The molecule has 8 unspecified atom stereocenters. The summed E-state index contributed by atoms with van der Waals surface area (Å²) < 4.78 is 22.8. The fourth-order valence-electron chi connectivity index (χ4n) is 6.65. The third-order valence-electron chi connectivity index (χ3n) is 10.2. The second-order valence-corrected chi connectivity index (χ2v) is 16.8. The van der Waals surface area contributed by atoms with Crippen molar-refractivity contribution < 1.29 is 59.0 Å². The van der Waals surface area contributed by atoms with E-state index < -0.39 is 75.2 Å². The first-order valence-corrected chi connectivity index (χ1v) is 23.0. The van der Waals surface area contributed by atoms with Gasteiger partial charge in [0.05, 0.1) is 31.3 Å². The Hall–Kier alpha value is -1.48. The molecular weight excluding hydrogens is 741 g/mol. The highest BCUT2D eigenvalue weighted by molar-refractivity contribution is 7.47. The minimum Gasteiger partial charge on any atom is -0.389 e. The Labute approximate surface area is 336 Å². The molecule has 1 saturated carbocycles. The molecule has 14 heteroatoms. The van der Waals surface area contributed by atoms with Crippen LogP contribution in [0.5, 0.6) is 0 Å². The van der Waals surface area contributed by atoms with Gasteiger partial charge in [-0.2, -0.15) is 0 Å². The van der Waals surface area contributed by atoms with Crippen LogP contribution < -0.4 is 5.32 Å². The molecule has 9 N–H and O–H groups in total. The zero-order valence-electron chi connectivity index (χ0n) is 34.3. The molecule has 1 fully saturated rings. The van der Waals surface area contributed by atoms with Crippen LogP contribution >= 0.6 is 7.82 Å². The Morgan fingerprint density at radius 3 is 1.57 bits per heavy atom. The number of phosphoric acid groups is 1. The van der Waals surface area contributed by atoms with Gasteiger partial charge in [0, 0.05) is 0 Å². The molecule has 1 amide bonds. The predicted octanol–water partition coefficient (Wildman–Crippen LogP) is 6.19. The van der Waals surface area contributed by atoms with Crippen molar-refractivity contribution in [3.8, 4) is 0 Å². The van der Waals surface area contributed by atoms with Crippen LogP contribution in [0, 0.1) is 0 Å². The van der Waals surface area contributed by atoms with Crippen molar-refractivity contribution in [3.63, 3.8) is 0 Å². The van der Waals surface area contributed by atoms with Crippen LogP contribution in [-0.2, 0) is 18.4 Å². The zero-order chi connectivity index (χ0) is 41.6. The van der Waals surface area contributed by atoms with Gasteiger partial charge >= 0.3 is 7.82 Å². The van der Waals surface area contributed by atoms with E-state index in [-0.39, 0.29) is 6.42 Å². The Morgan fingerprint density at radius 2 is 1.07 bits per heavy atom. The molecule has 13 nitrogen and oxygen atoms in total. The fourth-order valence-corrected chi connectivity index (χ4v) is 7.62. The number of nitrogens with one attached hydrogen (secondary N) is 1. The summed E-state index contributed by atoms with van der Waals surface area (Å²) in [6.45, 7) is 3.67. The second-order valence-electron chi connectivity index (χ2n) is 15.4. The summed E-state index contributed by atoms with van der Waals surface area (Å²) in [5, 5.41) is 74.1. The summed E-state index contributed by atoms with van der Waals surface area (Å²) in [4.78, 5) is 23.3. The summed E-state index contributed by atoms with van der Waals surface area (Å²) in [5.74, 6) is -0.662. The molecule has 328 valence electrons. The van der Waals surface area contributed by atoms with Gasteiger partial charge in [-0.25, -0.2) is 4.57 Å². The molecule has 0 heterocycles. The van der Waals surface area contributed by atoms with Crippen LogP contribution in [-0.4, -0.2) is 108 Å². The summed E-state index contributed by atoms with van der Waals surface area (Å²) in [6, 6.07) is -1.27. The predicted molar refractivity (Wildman–Crippen MR) is 220 cm³/mol. The lowest BCUT2D eigenvalue weighted by molar-refractivity contribution is -0.220. The minimum absolute atomic E-state index is 0.351. The van der Waals surface area contributed by atoms with Gasteiger partial charge in [0.15, 0.2) is 0 Å². The number of aliphatic hydroxyl groups excluding tert-OH is 7. The van der Waals surface area contributed by atoms with Gasteiger partial charge in [-0.15, -0.1) is 0 Å². The molecule has 0 aromatic carbocycles. The van der Waals surface area contributed by atoms with Crippen LogP contribution in [0.1, 0.15) is 162 Å². The maximum absolute atomic E-state index is 12.9.